The molecule has 0 amide bonds. The van der Waals surface area contributed by atoms with E-state index in [4.69, 9.17) is 0 Å². The number of halogens is 1. The van der Waals surface area contributed by atoms with Gasteiger partial charge >= 0.3 is 0 Å². The molecule has 2 heteroatoms. The Kier molecular flexibility index (Phi) is 4.87. The van der Waals surface area contributed by atoms with Crippen LogP contribution in [-0.2, 0) is 0 Å². The third-order valence-electron chi connectivity index (χ3n) is 2.90. The van der Waals surface area contributed by atoms with Crippen molar-refractivity contribution >= 4 is 22.6 Å². The van der Waals surface area contributed by atoms with E-state index in [1.54, 1.807) is 0 Å². The first-order chi connectivity index (χ1) is 5.70. The number of hydrogen-bond acceptors (Lipinski definition) is 1. The molecule has 2 unspecified atom stereocenters. The summed E-state index contributed by atoms with van der Waals surface area (Å²) >= 11 is 2.12. The Labute approximate surface area is 89.1 Å². The molecule has 0 aromatic rings. The minimum atomic E-state index is -0.149. The van der Waals surface area contributed by atoms with Gasteiger partial charge in [0.25, 0.3) is 0 Å². The summed E-state index contributed by atoms with van der Waals surface area (Å²) in [6, 6.07) is 0. The summed E-state index contributed by atoms with van der Waals surface area (Å²) in [4.78, 5) is 0. The minimum absolute atomic E-state index is 0.149. The molecular formula is C10H19IO. The molecule has 12 heavy (non-hydrogen) atoms. The summed E-state index contributed by atoms with van der Waals surface area (Å²) in [5.41, 5.74) is 0. The predicted molar refractivity (Wildman–Crippen MR) is 60.4 cm³/mol. The van der Waals surface area contributed by atoms with Crippen molar-refractivity contribution < 1.29 is 5.11 Å². The van der Waals surface area contributed by atoms with E-state index in [9.17, 15) is 5.11 Å². The third-order valence-corrected chi connectivity index (χ3v) is 4.13. The molecular weight excluding hydrogens is 263 g/mol. The SMILES string of the molecule is CC(CC1CCCCC1)C(O)I. The first-order valence-electron chi connectivity index (χ1n) is 5.02. The molecule has 1 nitrogen and oxygen atoms in total. The first kappa shape index (κ1) is 10.8. The normalized spacial score (nSPS) is 25.2. The highest BCUT2D eigenvalue weighted by Gasteiger charge is 2.19. The van der Waals surface area contributed by atoms with Crippen LogP contribution in [-0.4, -0.2) is 9.22 Å². The largest absolute Gasteiger partial charge is 0.382 e. The van der Waals surface area contributed by atoms with Gasteiger partial charge in [-0.3, -0.25) is 0 Å². The van der Waals surface area contributed by atoms with Gasteiger partial charge < -0.3 is 5.11 Å². The highest BCUT2D eigenvalue weighted by atomic mass is 127. The first-order valence-corrected chi connectivity index (χ1v) is 6.27. The van der Waals surface area contributed by atoms with Crippen LogP contribution in [0.1, 0.15) is 45.4 Å². The van der Waals surface area contributed by atoms with E-state index in [-0.39, 0.29) is 4.11 Å². The van der Waals surface area contributed by atoms with Crippen molar-refractivity contribution in [3.8, 4) is 0 Å². The van der Waals surface area contributed by atoms with E-state index >= 15 is 0 Å². The number of aliphatic hydroxyl groups is 1. The topological polar surface area (TPSA) is 20.2 Å². The van der Waals surface area contributed by atoms with Crippen LogP contribution in [0.5, 0.6) is 0 Å². The van der Waals surface area contributed by atoms with Gasteiger partial charge in [-0.05, 0) is 18.3 Å². The third kappa shape index (κ3) is 3.60. The van der Waals surface area contributed by atoms with Crippen molar-refractivity contribution in [2.45, 2.75) is 49.6 Å². The summed E-state index contributed by atoms with van der Waals surface area (Å²) in [7, 11) is 0. The van der Waals surface area contributed by atoms with Crippen molar-refractivity contribution in [3.05, 3.63) is 0 Å². The van der Waals surface area contributed by atoms with E-state index in [2.05, 4.69) is 29.5 Å². The van der Waals surface area contributed by atoms with Gasteiger partial charge in [0.05, 0.1) is 0 Å². The summed E-state index contributed by atoms with van der Waals surface area (Å²) in [6.07, 6.45) is 8.27. The lowest BCUT2D eigenvalue weighted by Gasteiger charge is -2.25. The molecule has 1 N–H and O–H groups in total. The Morgan fingerprint density at radius 2 is 1.92 bits per heavy atom. The maximum absolute atomic E-state index is 9.34. The van der Waals surface area contributed by atoms with Crippen LogP contribution >= 0.6 is 22.6 Å². The molecule has 0 aromatic heterocycles. The average molecular weight is 282 g/mol. The summed E-state index contributed by atoms with van der Waals surface area (Å²) < 4.78 is -0.149. The van der Waals surface area contributed by atoms with Gasteiger partial charge in [0.15, 0.2) is 0 Å². The summed E-state index contributed by atoms with van der Waals surface area (Å²) in [6.45, 7) is 2.16. The lowest BCUT2D eigenvalue weighted by molar-refractivity contribution is 0.181. The van der Waals surface area contributed by atoms with Crippen molar-refractivity contribution in [2.24, 2.45) is 11.8 Å². The molecule has 0 aromatic carbocycles. The van der Waals surface area contributed by atoms with Crippen molar-refractivity contribution in [1.82, 2.24) is 0 Å². The van der Waals surface area contributed by atoms with E-state index in [0.717, 1.165) is 5.92 Å². The minimum Gasteiger partial charge on any atom is -0.382 e. The van der Waals surface area contributed by atoms with Crippen molar-refractivity contribution in [3.63, 3.8) is 0 Å². The van der Waals surface area contributed by atoms with Crippen molar-refractivity contribution in [2.75, 3.05) is 0 Å². The van der Waals surface area contributed by atoms with Gasteiger partial charge in [-0.15, -0.1) is 0 Å². The zero-order valence-corrected chi connectivity index (χ0v) is 9.96. The highest BCUT2D eigenvalue weighted by Crippen LogP contribution is 2.30. The number of alkyl halides is 1. The fourth-order valence-electron chi connectivity index (χ4n) is 2.06. The maximum atomic E-state index is 9.34. The monoisotopic (exact) mass is 282 g/mol. The van der Waals surface area contributed by atoms with Gasteiger partial charge in [0.2, 0.25) is 0 Å². The molecule has 0 heterocycles. The second kappa shape index (κ2) is 5.43. The maximum Gasteiger partial charge on any atom is 0.107 e. The fraction of sp³-hybridized carbons (Fsp3) is 1.00. The number of rotatable bonds is 3. The second-order valence-corrected chi connectivity index (χ2v) is 5.37. The molecule has 0 aliphatic heterocycles. The van der Waals surface area contributed by atoms with Crippen molar-refractivity contribution in [1.29, 1.82) is 0 Å². The zero-order chi connectivity index (χ0) is 8.97. The molecule has 1 aliphatic carbocycles. The van der Waals surface area contributed by atoms with Gasteiger partial charge in [-0.2, -0.15) is 0 Å². The second-order valence-electron chi connectivity index (χ2n) is 4.09. The number of hydrogen-bond donors (Lipinski definition) is 1. The molecule has 1 fully saturated rings. The Bertz CT molecular complexity index is 119. The Balaban J connectivity index is 2.20. The highest BCUT2D eigenvalue weighted by molar-refractivity contribution is 14.1. The molecule has 1 aliphatic rings. The van der Waals surface area contributed by atoms with Crippen LogP contribution in [0.15, 0.2) is 0 Å². The van der Waals surface area contributed by atoms with E-state index in [1.165, 1.54) is 38.5 Å². The zero-order valence-electron chi connectivity index (χ0n) is 7.80. The molecule has 0 radical (unpaired) electrons. The van der Waals surface area contributed by atoms with E-state index in [1.807, 2.05) is 0 Å². The van der Waals surface area contributed by atoms with E-state index in [0.29, 0.717) is 5.92 Å². The standard InChI is InChI=1S/C10H19IO/c1-8(10(11)12)7-9-5-3-2-4-6-9/h8-10,12H,2-7H2,1H3. The molecule has 0 bridgehead atoms. The van der Waals surface area contributed by atoms with Crippen LogP contribution < -0.4 is 0 Å². The van der Waals surface area contributed by atoms with Gasteiger partial charge in [0.1, 0.15) is 4.11 Å². The van der Waals surface area contributed by atoms with Crippen LogP contribution in [0.4, 0.5) is 0 Å². The Morgan fingerprint density at radius 1 is 1.33 bits per heavy atom. The lowest BCUT2D eigenvalue weighted by Crippen LogP contribution is -2.16. The molecule has 0 saturated heterocycles. The smallest absolute Gasteiger partial charge is 0.107 e. The van der Waals surface area contributed by atoms with Gasteiger partial charge in [0, 0.05) is 0 Å². The summed E-state index contributed by atoms with van der Waals surface area (Å²) in [5, 5.41) is 9.34. The van der Waals surface area contributed by atoms with Crippen LogP contribution in [0.3, 0.4) is 0 Å². The molecule has 0 spiro atoms. The summed E-state index contributed by atoms with van der Waals surface area (Å²) in [5.74, 6) is 1.38. The van der Waals surface area contributed by atoms with Gasteiger partial charge in [-0.25, -0.2) is 0 Å². The Hall–Kier alpha value is 0.690. The average Bonchev–Trinajstić information content (AvgIpc) is 2.06. The van der Waals surface area contributed by atoms with Crippen LogP contribution in [0.2, 0.25) is 0 Å². The quantitative estimate of drug-likeness (QED) is 0.621. The molecule has 2 atom stereocenters. The Morgan fingerprint density at radius 3 is 2.42 bits per heavy atom. The van der Waals surface area contributed by atoms with Crippen LogP contribution in [0.25, 0.3) is 0 Å². The molecule has 72 valence electrons. The lowest BCUT2D eigenvalue weighted by atomic mass is 9.83. The molecule has 1 rings (SSSR count). The number of aliphatic hydroxyl groups excluding tert-OH is 1. The van der Waals surface area contributed by atoms with Crippen LogP contribution in [0, 0.1) is 11.8 Å². The molecule has 1 saturated carbocycles. The fourth-order valence-corrected chi connectivity index (χ4v) is 2.35. The van der Waals surface area contributed by atoms with E-state index < -0.39 is 0 Å². The van der Waals surface area contributed by atoms with Gasteiger partial charge in [-0.1, -0.05) is 61.6 Å². The predicted octanol–water partition coefficient (Wildman–Crippen LogP) is 3.35.